The predicted molar refractivity (Wildman–Crippen MR) is 105 cm³/mol. The van der Waals surface area contributed by atoms with E-state index >= 15 is 0 Å². The van der Waals surface area contributed by atoms with E-state index in [1.807, 2.05) is 26.0 Å². The van der Waals surface area contributed by atoms with Crippen LogP contribution in [-0.4, -0.2) is 12.0 Å². The number of halogens is 1. The Bertz CT molecular complexity index is 720. The summed E-state index contributed by atoms with van der Waals surface area (Å²) in [6.45, 7) is 8.05. The minimum absolute atomic E-state index is 0.120. The van der Waals surface area contributed by atoms with Crippen LogP contribution in [0.15, 0.2) is 36.4 Å². The first-order valence-corrected chi connectivity index (χ1v) is 9.22. The third-order valence-electron chi connectivity index (χ3n) is 4.32. The summed E-state index contributed by atoms with van der Waals surface area (Å²) in [5.41, 5.74) is 4.14. The normalized spacial score (nSPS) is 11.9. The molecule has 2 aromatic carbocycles. The summed E-state index contributed by atoms with van der Waals surface area (Å²) in [6.07, 6.45) is 1.79. The van der Waals surface area contributed by atoms with Gasteiger partial charge in [-0.25, -0.2) is 0 Å². The van der Waals surface area contributed by atoms with Crippen LogP contribution in [0, 0.1) is 6.92 Å². The van der Waals surface area contributed by atoms with Gasteiger partial charge in [0.1, 0.15) is 5.75 Å². The van der Waals surface area contributed by atoms with Crippen LogP contribution >= 0.6 is 11.6 Å². The van der Waals surface area contributed by atoms with Gasteiger partial charge in [-0.1, -0.05) is 50.6 Å². The van der Waals surface area contributed by atoms with Gasteiger partial charge in [-0.2, -0.15) is 0 Å². The monoisotopic (exact) mass is 359 g/mol. The molecule has 0 aromatic heterocycles. The first-order valence-electron chi connectivity index (χ1n) is 8.84. The summed E-state index contributed by atoms with van der Waals surface area (Å²) in [5.74, 6) is 0.536. The number of benzene rings is 2. The summed E-state index contributed by atoms with van der Waals surface area (Å²) in [5, 5.41) is 3.78. The number of rotatable bonds is 7. The van der Waals surface area contributed by atoms with E-state index in [1.165, 1.54) is 0 Å². The van der Waals surface area contributed by atoms with E-state index < -0.39 is 6.10 Å². The topological polar surface area (TPSA) is 38.3 Å². The number of nitrogens with one attached hydrogen (secondary N) is 1. The molecule has 2 rings (SSSR count). The number of anilines is 1. The van der Waals surface area contributed by atoms with Crippen molar-refractivity contribution in [2.45, 2.75) is 53.1 Å². The molecule has 0 radical (unpaired) electrons. The molecule has 3 nitrogen and oxygen atoms in total. The van der Waals surface area contributed by atoms with E-state index in [0.717, 1.165) is 35.2 Å². The molecule has 1 unspecified atom stereocenters. The van der Waals surface area contributed by atoms with Crippen molar-refractivity contribution in [2.75, 3.05) is 5.32 Å². The van der Waals surface area contributed by atoms with Crippen LogP contribution in [0.2, 0.25) is 5.02 Å². The van der Waals surface area contributed by atoms with Crippen LogP contribution in [-0.2, 0) is 17.6 Å². The van der Waals surface area contributed by atoms with E-state index in [1.54, 1.807) is 12.1 Å². The minimum atomic E-state index is -0.546. The SMILES string of the molecule is CCc1cccc(CC)c1NC(=O)C(CC)Oc1ccc(Cl)c(C)c1. The lowest BCUT2D eigenvalue weighted by Crippen LogP contribution is -2.33. The molecule has 1 atom stereocenters. The van der Waals surface area contributed by atoms with Gasteiger partial charge in [-0.05, 0) is 61.1 Å². The number of carbonyl (C=O) groups excluding carboxylic acids is 1. The summed E-state index contributed by atoms with van der Waals surface area (Å²) in [7, 11) is 0. The van der Waals surface area contributed by atoms with Gasteiger partial charge >= 0.3 is 0 Å². The van der Waals surface area contributed by atoms with Crippen LogP contribution in [0.25, 0.3) is 0 Å². The number of carbonyl (C=O) groups is 1. The molecule has 0 spiro atoms. The quantitative estimate of drug-likeness (QED) is 0.701. The van der Waals surface area contributed by atoms with E-state index in [-0.39, 0.29) is 5.91 Å². The third kappa shape index (κ3) is 4.76. The molecule has 4 heteroatoms. The van der Waals surface area contributed by atoms with Crippen LogP contribution in [0.4, 0.5) is 5.69 Å². The van der Waals surface area contributed by atoms with Crippen molar-refractivity contribution in [3.8, 4) is 5.75 Å². The Morgan fingerprint density at radius 2 is 1.76 bits per heavy atom. The largest absolute Gasteiger partial charge is 0.481 e. The summed E-state index contributed by atoms with van der Waals surface area (Å²) >= 11 is 6.05. The molecule has 2 aromatic rings. The molecule has 0 saturated carbocycles. The molecular formula is C21H26ClNO2. The molecule has 0 aliphatic heterocycles. The van der Waals surface area contributed by atoms with Gasteiger partial charge in [0.05, 0.1) is 0 Å². The maximum absolute atomic E-state index is 12.8. The zero-order valence-corrected chi connectivity index (χ0v) is 16.1. The summed E-state index contributed by atoms with van der Waals surface area (Å²) < 4.78 is 5.91. The number of hydrogen-bond donors (Lipinski definition) is 1. The molecule has 0 aliphatic carbocycles. The number of hydrogen-bond acceptors (Lipinski definition) is 2. The van der Waals surface area contributed by atoms with E-state index in [4.69, 9.17) is 16.3 Å². The molecule has 1 amide bonds. The third-order valence-corrected chi connectivity index (χ3v) is 4.74. The average Bonchev–Trinajstić information content (AvgIpc) is 2.62. The highest BCUT2D eigenvalue weighted by molar-refractivity contribution is 6.31. The molecule has 0 heterocycles. The van der Waals surface area contributed by atoms with Crippen LogP contribution < -0.4 is 10.1 Å². The van der Waals surface area contributed by atoms with Crippen molar-refractivity contribution in [1.82, 2.24) is 0 Å². The Balaban J connectivity index is 2.19. The van der Waals surface area contributed by atoms with Gasteiger partial charge in [0.25, 0.3) is 5.91 Å². The second-order valence-electron chi connectivity index (χ2n) is 6.07. The minimum Gasteiger partial charge on any atom is -0.481 e. The van der Waals surface area contributed by atoms with Crippen LogP contribution in [0.3, 0.4) is 0 Å². The van der Waals surface area contributed by atoms with Gasteiger partial charge in [0.15, 0.2) is 6.10 Å². The highest BCUT2D eigenvalue weighted by Gasteiger charge is 2.20. The molecule has 0 saturated heterocycles. The van der Waals surface area contributed by atoms with Crippen molar-refractivity contribution in [3.05, 3.63) is 58.1 Å². The van der Waals surface area contributed by atoms with Crippen LogP contribution in [0.1, 0.15) is 43.9 Å². The van der Waals surface area contributed by atoms with Crippen molar-refractivity contribution in [3.63, 3.8) is 0 Å². The van der Waals surface area contributed by atoms with Gasteiger partial charge < -0.3 is 10.1 Å². The van der Waals surface area contributed by atoms with Crippen LogP contribution in [0.5, 0.6) is 5.75 Å². The highest BCUT2D eigenvalue weighted by atomic mass is 35.5. The number of aryl methyl sites for hydroxylation is 3. The van der Waals surface area contributed by atoms with Gasteiger partial charge in [-0.15, -0.1) is 0 Å². The smallest absolute Gasteiger partial charge is 0.265 e. The van der Waals surface area contributed by atoms with Gasteiger partial charge in [-0.3, -0.25) is 4.79 Å². The van der Waals surface area contributed by atoms with E-state index in [9.17, 15) is 4.79 Å². The van der Waals surface area contributed by atoms with Crippen molar-refractivity contribution in [1.29, 1.82) is 0 Å². The molecule has 134 valence electrons. The zero-order chi connectivity index (χ0) is 18.4. The van der Waals surface area contributed by atoms with Gasteiger partial charge in [0.2, 0.25) is 0 Å². The Kier molecular flexibility index (Phi) is 6.89. The first kappa shape index (κ1) is 19.3. The summed E-state index contributed by atoms with van der Waals surface area (Å²) in [6, 6.07) is 11.6. The molecule has 0 fully saturated rings. The first-order chi connectivity index (χ1) is 12.0. The fourth-order valence-electron chi connectivity index (χ4n) is 2.78. The maximum atomic E-state index is 12.8. The molecule has 0 aliphatic rings. The molecule has 1 N–H and O–H groups in total. The van der Waals surface area contributed by atoms with Crippen molar-refractivity contribution < 1.29 is 9.53 Å². The second kappa shape index (κ2) is 8.91. The Morgan fingerprint density at radius 1 is 1.12 bits per heavy atom. The lowest BCUT2D eigenvalue weighted by Gasteiger charge is -2.20. The molecular weight excluding hydrogens is 334 g/mol. The Labute approximate surface area is 155 Å². The van der Waals surface area contributed by atoms with E-state index in [2.05, 4.69) is 31.3 Å². The highest BCUT2D eigenvalue weighted by Crippen LogP contribution is 2.25. The lowest BCUT2D eigenvalue weighted by molar-refractivity contribution is -0.122. The van der Waals surface area contributed by atoms with Gasteiger partial charge in [0, 0.05) is 10.7 Å². The predicted octanol–water partition coefficient (Wildman–Crippen LogP) is 5.57. The fraction of sp³-hybridized carbons (Fsp3) is 0.381. The number of ether oxygens (including phenoxy) is 1. The van der Waals surface area contributed by atoms with Crippen molar-refractivity contribution >= 4 is 23.2 Å². The Morgan fingerprint density at radius 3 is 2.28 bits per heavy atom. The second-order valence-corrected chi connectivity index (χ2v) is 6.48. The molecule has 0 bridgehead atoms. The fourth-order valence-corrected chi connectivity index (χ4v) is 2.90. The standard InChI is InChI=1S/C21H26ClNO2/c1-5-15-9-8-10-16(6-2)20(15)23-21(24)19(7-3)25-17-11-12-18(22)14(4)13-17/h8-13,19H,5-7H2,1-4H3,(H,23,24). The zero-order valence-electron chi connectivity index (χ0n) is 15.4. The lowest BCUT2D eigenvalue weighted by atomic mass is 10.0. The van der Waals surface area contributed by atoms with E-state index in [0.29, 0.717) is 17.2 Å². The Hall–Kier alpha value is -2.00. The molecule has 25 heavy (non-hydrogen) atoms. The summed E-state index contributed by atoms with van der Waals surface area (Å²) in [4.78, 5) is 12.8. The maximum Gasteiger partial charge on any atom is 0.265 e. The van der Waals surface area contributed by atoms with Crippen molar-refractivity contribution in [2.24, 2.45) is 0 Å². The average molecular weight is 360 g/mol. The number of amides is 1. The number of para-hydroxylation sites is 1.